The Labute approximate surface area is 122 Å². The maximum Gasteiger partial charge on any atom is 0.229 e. The van der Waals surface area contributed by atoms with Crippen LogP contribution in [0.2, 0.25) is 0 Å². The van der Waals surface area contributed by atoms with E-state index in [9.17, 15) is 14.0 Å². The van der Waals surface area contributed by atoms with Gasteiger partial charge in [0.2, 0.25) is 17.8 Å². The molecule has 0 spiro atoms. The van der Waals surface area contributed by atoms with Gasteiger partial charge in [0.25, 0.3) is 0 Å². The molecule has 6 heteroatoms. The molecule has 1 aliphatic carbocycles. The summed E-state index contributed by atoms with van der Waals surface area (Å²) in [5.74, 6) is -0.0415. The average molecular weight is 291 g/mol. The molecule has 0 unspecified atom stereocenters. The molecule has 2 fully saturated rings. The number of hydrogen-bond acceptors (Lipinski definition) is 4. The van der Waals surface area contributed by atoms with Crippen LogP contribution in [0.1, 0.15) is 38.5 Å². The molecule has 1 aliphatic heterocycles. The Morgan fingerprint density at radius 1 is 1.10 bits per heavy atom. The lowest BCUT2D eigenvalue weighted by Crippen LogP contribution is -2.43. The molecule has 1 N–H and O–H groups in total. The van der Waals surface area contributed by atoms with Gasteiger partial charge in [-0.25, -0.2) is 4.98 Å². The molecule has 1 saturated heterocycles. The fourth-order valence-corrected chi connectivity index (χ4v) is 3.18. The summed E-state index contributed by atoms with van der Waals surface area (Å²) in [6.45, 7) is 0. The van der Waals surface area contributed by atoms with Crippen molar-refractivity contribution in [3.05, 3.63) is 24.1 Å². The van der Waals surface area contributed by atoms with Gasteiger partial charge in [-0.15, -0.1) is 0 Å². The number of nitrogens with zero attached hydrogens (tertiary/aromatic N) is 2. The summed E-state index contributed by atoms with van der Waals surface area (Å²) >= 11 is 0. The lowest BCUT2D eigenvalue weighted by molar-refractivity contribution is -0.141. The fourth-order valence-electron chi connectivity index (χ4n) is 3.18. The summed E-state index contributed by atoms with van der Waals surface area (Å²) in [6, 6.07) is 4.92. The van der Waals surface area contributed by atoms with Gasteiger partial charge in [-0.05, 0) is 37.8 Å². The predicted octanol–water partition coefficient (Wildman–Crippen LogP) is 2.09. The van der Waals surface area contributed by atoms with E-state index < -0.39 is 5.95 Å². The number of amides is 2. The first-order valence-electron chi connectivity index (χ1n) is 7.37. The predicted molar refractivity (Wildman–Crippen MR) is 74.9 cm³/mol. The molecule has 0 aromatic carbocycles. The summed E-state index contributed by atoms with van der Waals surface area (Å²) in [5, 5.41) is 3.22. The van der Waals surface area contributed by atoms with E-state index in [4.69, 9.17) is 0 Å². The van der Waals surface area contributed by atoms with Crippen molar-refractivity contribution in [2.24, 2.45) is 0 Å². The number of aromatic nitrogens is 1. The van der Waals surface area contributed by atoms with E-state index in [1.165, 1.54) is 11.0 Å². The van der Waals surface area contributed by atoms with Crippen molar-refractivity contribution in [1.29, 1.82) is 0 Å². The number of rotatable bonds is 3. The maximum atomic E-state index is 13.0. The highest BCUT2D eigenvalue weighted by molar-refractivity contribution is 6.02. The largest absolute Gasteiger partial charge is 0.367 e. The smallest absolute Gasteiger partial charge is 0.229 e. The van der Waals surface area contributed by atoms with Gasteiger partial charge in [0.1, 0.15) is 5.82 Å². The zero-order valence-electron chi connectivity index (χ0n) is 11.7. The van der Waals surface area contributed by atoms with Crippen LogP contribution < -0.4 is 5.32 Å². The minimum atomic E-state index is -0.498. The number of hydrogen-bond donors (Lipinski definition) is 1. The van der Waals surface area contributed by atoms with Crippen molar-refractivity contribution in [2.45, 2.75) is 50.6 Å². The second kappa shape index (κ2) is 5.79. The van der Waals surface area contributed by atoms with E-state index in [1.807, 2.05) is 0 Å². The highest BCUT2D eigenvalue weighted by atomic mass is 19.1. The molecule has 2 heterocycles. The maximum absolute atomic E-state index is 13.0. The highest BCUT2D eigenvalue weighted by Crippen LogP contribution is 2.28. The lowest BCUT2D eigenvalue weighted by atomic mass is 9.90. The SMILES string of the molecule is O=C1CCC(=O)N1C1CCC(Nc2cccc(F)n2)CC1. The van der Waals surface area contributed by atoms with Crippen molar-refractivity contribution < 1.29 is 14.0 Å². The van der Waals surface area contributed by atoms with Gasteiger partial charge in [-0.3, -0.25) is 14.5 Å². The van der Waals surface area contributed by atoms with Crippen LogP contribution in [0.4, 0.5) is 10.2 Å². The van der Waals surface area contributed by atoms with Crippen molar-refractivity contribution in [3.8, 4) is 0 Å². The van der Waals surface area contributed by atoms with Gasteiger partial charge in [0.15, 0.2) is 0 Å². The van der Waals surface area contributed by atoms with Crippen LogP contribution in [0, 0.1) is 5.95 Å². The fraction of sp³-hybridized carbons (Fsp3) is 0.533. The Morgan fingerprint density at radius 3 is 2.38 bits per heavy atom. The highest BCUT2D eigenvalue weighted by Gasteiger charge is 2.36. The third kappa shape index (κ3) is 3.04. The number of carbonyl (C=O) groups excluding carboxylic acids is 2. The Balaban J connectivity index is 1.55. The molecule has 5 nitrogen and oxygen atoms in total. The number of likely N-dealkylation sites (tertiary alicyclic amines) is 1. The van der Waals surface area contributed by atoms with Gasteiger partial charge in [0.05, 0.1) is 0 Å². The summed E-state index contributed by atoms with van der Waals surface area (Å²) < 4.78 is 13.0. The Bertz CT molecular complexity index is 540. The Morgan fingerprint density at radius 2 is 1.76 bits per heavy atom. The van der Waals surface area contributed by atoms with E-state index in [1.54, 1.807) is 12.1 Å². The standard InChI is InChI=1S/C15H18FN3O2/c16-12-2-1-3-13(18-12)17-10-4-6-11(7-5-10)19-14(20)8-9-15(19)21/h1-3,10-11H,4-9H2,(H,17,18). The second-order valence-corrected chi connectivity index (χ2v) is 5.65. The summed E-state index contributed by atoms with van der Waals surface area (Å²) in [7, 11) is 0. The zero-order chi connectivity index (χ0) is 14.8. The van der Waals surface area contributed by atoms with E-state index in [-0.39, 0.29) is 23.9 Å². The molecule has 0 bridgehead atoms. The minimum absolute atomic E-state index is 0.0334. The third-order valence-corrected chi connectivity index (χ3v) is 4.22. The molecule has 2 amide bonds. The molecule has 21 heavy (non-hydrogen) atoms. The van der Waals surface area contributed by atoms with Gasteiger partial charge in [0, 0.05) is 24.9 Å². The van der Waals surface area contributed by atoms with Gasteiger partial charge >= 0.3 is 0 Å². The molecular weight excluding hydrogens is 273 g/mol. The Kier molecular flexibility index (Phi) is 3.86. The van der Waals surface area contributed by atoms with Crippen LogP contribution in [0.25, 0.3) is 0 Å². The van der Waals surface area contributed by atoms with E-state index in [2.05, 4.69) is 10.3 Å². The quantitative estimate of drug-likeness (QED) is 0.684. The molecule has 1 aromatic heterocycles. The van der Waals surface area contributed by atoms with Crippen molar-refractivity contribution in [1.82, 2.24) is 9.88 Å². The van der Waals surface area contributed by atoms with Crippen LogP contribution >= 0.6 is 0 Å². The van der Waals surface area contributed by atoms with E-state index in [0.717, 1.165) is 25.7 Å². The average Bonchev–Trinajstić information content (AvgIpc) is 2.79. The Hall–Kier alpha value is -1.98. The third-order valence-electron chi connectivity index (χ3n) is 4.22. The number of anilines is 1. The molecule has 112 valence electrons. The molecule has 1 saturated carbocycles. The lowest BCUT2D eigenvalue weighted by Gasteiger charge is -2.33. The minimum Gasteiger partial charge on any atom is -0.367 e. The normalized spacial score (nSPS) is 26.2. The molecule has 0 radical (unpaired) electrons. The van der Waals surface area contributed by atoms with Crippen LogP contribution in [-0.2, 0) is 9.59 Å². The van der Waals surface area contributed by atoms with E-state index >= 15 is 0 Å². The van der Waals surface area contributed by atoms with Crippen molar-refractivity contribution in [3.63, 3.8) is 0 Å². The number of pyridine rings is 1. The molecular formula is C15H18FN3O2. The molecule has 0 atom stereocenters. The first kappa shape index (κ1) is 14.0. The molecule has 2 aliphatic rings. The molecule has 1 aromatic rings. The first-order valence-corrected chi connectivity index (χ1v) is 7.37. The number of carbonyl (C=O) groups is 2. The van der Waals surface area contributed by atoms with Crippen LogP contribution in [-0.4, -0.2) is 33.8 Å². The van der Waals surface area contributed by atoms with Crippen LogP contribution in [0.15, 0.2) is 18.2 Å². The van der Waals surface area contributed by atoms with E-state index in [0.29, 0.717) is 18.7 Å². The van der Waals surface area contributed by atoms with Gasteiger partial charge in [-0.1, -0.05) is 6.07 Å². The van der Waals surface area contributed by atoms with Crippen molar-refractivity contribution in [2.75, 3.05) is 5.32 Å². The molecule has 3 rings (SSSR count). The second-order valence-electron chi connectivity index (χ2n) is 5.65. The van der Waals surface area contributed by atoms with Crippen LogP contribution in [0.5, 0.6) is 0 Å². The van der Waals surface area contributed by atoms with Gasteiger partial charge in [-0.2, -0.15) is 4.39 Å². The zero-order valence-corrected chi connectivity index (χ0v) is 11.7. The topological polar surface area (TPSA) is 62.3 Å². The monoisotopic (exact) mass is 291 g/mol. The number of imide groups is 1. The van der Waals surface area contributed by atoms with Crippen LogP contribution in [0.3, 0.4) is 0 Å². The first-order chi connectivity index (χ1) is 10.1. The van der Waals surface area contributed by atoms with Crippen molar-refractivity contribution >= 4 is 17.6 Å². The summed E-state index contributed by atoms with van der Waals surface area (Å²) in [4.78, 5) is 28.7. The number of halogens is 1. The van der Waals surface area contributed by atoms with Gasteiger partial charge < -0.3 is 5.32 Å². The summed E-state index contributed by atoms with van der Waals surface area (Å²) in [6.07, 6.45) is 3.99. The summed E-state index contributed by atoms with van der Waals surface area (Å²) in [5.41, 5.74) is 0. The number of nitrogens with one attached hydrogen (secondary N) is 1.